The van der Waals surface area contributed by atoms with Gasteiger partial charge in [0.25, 0.3) is 0 Å². The van der Waals surface area contributed by atoms with E-state index in [1.54, 1.807) is 0 Å². The fourth-order valence-corrected chi connectivity index (χ4v) is 8.85. The fourth-order valence-electron chi connectivity index (χ4n) is 8.85. The Balaban J connectivity index is 0.969. The van der Waals surface area contributed by atoms with Gasteiger partial charge >= 0.3 is 0 Å². The lowest BCUT2D eigenvalue weighted by atomic mass is 9.94. The number of pyridine rings is 3. The molecule has 0 radical (unpaired) electrons. The molecular weight excluding hydrogens is 805 g/mol. The summed E-state index contributed by atoms with van der Waals surface area (Å²) >= 11 is 0. The van der Waals surface area contributed by atoms with E-state index in [4.69, 9.17) is 29.9 Å². The van der Waals surface area contributed by atoms with Gasteiger partial charge in [-0.2, -0.15) is 0 Å². The summed E-state index contributed by atoms with van der Waals surface area (Å²) in [4.78, 5) is 30.6. The highest BCUT2D eigenvalue weighted by atomic mass is 15.0. The van der Waals surface area contributed by atoms with Crippen LogP contribution in [0.1, 0.15) is 0 Å². The summed E-state index contributed by atoms with van der Waals surface area (Å²) in [7, 11) is 0. The van der Waals surface area contributed by atoms with E-state index in [0.717, 1.165) is 105 Å². The summed E-state index contributed by atoms with van der Waals surface area (Å²) in [5, 5.41) is 3.18. The van der Waals surface area contributed by atoms with E-state index in [9.17, 15) is 0 Å². The van der Waals surface area contributed by atoms with Crippen LogP contribution in [0.15, 0.2) is 231 Å². The van der Waals surface area contributed by atoms with Crippen LogP contribution in [0.2, 0.25) is 0 Å². The van der Waals surface area contributed by atoms with Crippen molar-refractivity contribution in [2.75, 3.05) is 0 Å². The van der Waals surface area contributed by atoms with Crippen LogP contribution in [0.5, 0.6) is 0 Å². The molecule has 0 spiro atoms. The zero-order valence-electron chi connectivity index (χ0n) is 35.6. The van der Waals surface area contributed by atoms with E-state index in [-0.39, 0.29) is 0 Å². The summed E-state index contributed by atoms with van der Waals surface area (Å²) in [6, 6.07) is 77.5. The first-order valence-electron chi connectivity index (χ1n) is 22.0. The maximum absolute atomic E-state index is 5.33. The maximum atomic E-state index is 5.33. The second kappa shape index (κ2) is 16.6. The number of nitrogens with zero attached hydrogens (tertiary/aromatic N) is 6. The van der Waals surface area contributed by atoms with E-state index in [1.165, 1.54) is 0 Å². The summed E-state index contributed by atoms with van der Waals surface area (Å²) in [5.74, 6) is 1.80. The van der Waals surface area contributed by atoms with Gasteiger partial charge in [0.05, 0.1) is 27.9 Å². The van der Waals surface area contributed by atoms with Crippen molar-refractivity contribution < 1.29 is 0 Å². The number of aromatic nitrogens is 6. The van der Waals surface area contributed by atoms with Gasteiger partial charge in [-0.05, 0) is 64.2 Å². The zero-order valence-corrected chi connectivity index (χ0v) is 35.6. The lowest BCUT2D eigenvalue weighted by Gasteiger charge is -2.14. The summed E-state index contributed by atoms with van der Waals surface area (Å²) in [6.45, 7) is 0. The molecule has 0 bridgehead atoms. The van der Waals surface area contributed by atoms with Crippen molar-refractivity contribution in [3.63, 3.8) is 0 Å². The van der Waals surface area contributed by atoms with E-state index in [2.05, 4.69) is 164 Å². The average molecular weight is 843 g/mol. The van der Waals surface area contributed by atoms with Gasteiger partial charge in [-0.1, -0.05) is 188 Å². The first-order valence-corrected chi connectivity index (χ1v) is 22.0. The molecule has 0 aliphatic heterocycles. The second-order valence-corrected chi connectivity index (χ2v) is 16.3. The number of hydrogen-bond donors (Lipinski definition) is 0. The highest BCUT2D eigenvalue weighted by Gasteiger charge is 2.17. The third kappa shape index (κ3) is 7.32. The molecule has 0 amide bonds. The van der Waals surface area contributed by atoms with Crippen LogP contribution in [-0.4, -0.2) is 29.9 Å². The Labute approximate surface area is 381 Å². The van der Waals surface area contributed by atoms with Crippen molar-refractivity contribution in [1.82, 2.24) is 29.9 Å². The Morgan fingerprint density at radius 2 is 0.712 bits per heavy atom. The molecule has 0 aliphatic carbocycles. The smallest absolute Gasteiger partial charge is 0.164 e. The highest BCUT2D eigenvalue weighted by Crippen LogP contribution is 2.38. The minimum atomic E-state index is 0.593. The summed E-state index contributed by atoms with van der Waals surface area (Å²) in [6.07, 6.45) is 1.84. The molecule has 4 aromatic heterocycles. The molecule has 0 unspecified atom stereocenters. The van der Waals surface area contributed by atoms with E-state index < -0.39 is 0 Å². The predicted molar refractivity (Wildman–Crippen MR) is 269 cm³/mol. The lowest BCUT2D eigenvalue weighted by Crippen LogP contribution is -2.00. The molecule has 0 atom stereocenters. The molecule has 0 N–H and O–H groups in total. The number of para-hydroxylation sites is 1. The largest absolute Gasteiger partial charge is 0.256 e. The number of rotatable bonds is 8. The monoisotopic (exact) mass is 842 g/mol. The Hall–Kier alpha value is -9.00. The first-order chi connectivity index (χ1) is 32.7. The second-order valence-electron chi connectivity index (χ2n) is 16.3. The van der Waals surface area contributed by atoms with Crippen molar-refractivity contribution >= 4 is 32.7 Å². The molecule has 308 valence electrons. The minimum absolute atomic E-state index is 0.593. The van der Waals surface area contributed by atoms with Crippen LogP contribution in [0.4, 0.5) is 0 Å². The molecule has 0 saturated carbocycles. The molecule has 12 rings (SSSR count). The number of benzene rings is 8. The standard InChI is InChI=1S/C60H38N6/c1-4-15-39(16-5-1)53-33-31-42-30-32-51-52(38-54(40-17-6-2-7-18-40)63-57(51)56(42)62-53)47-25-10-22-44(35-47)45-23-11-26-48(36-45)59-64-58(43-19-8-3-9-20-43)65-60(66-59)49-27-12-24-46(37-49)50-29-13-21-41-28-14-34-61-55(41)50/h1-38H. The molecule has 4 heterocycles. The zero-order chi connectivity index (χ0) is 43.8. The molecule has 0 saturated heterocycles. The number of hydrogen-bond acceptors (Lipinski definition) is 6. The van der Waals surface area contributed by atoms with Gasteiger partial charge in [0, 0.05) is 55.7 Å². The first kappa shape index (κ1) is 38.7. The van der Waals surface area contributed by atoms with Crippen LogP contribution < -0.4 is 0 Å². The normalized spacial score (nSPS) is 11.3. The van der Waals surface area contributed by atoms with Gasteiger partial charge < -0.3 is 0 Å². The van der Waals surface area contributed by atoms with Crippen LogP contribution in [-0.2, 0) is 0 Å². The van der Waals surface area contributed by atoms with Crippen molar-refractivity contribution in [2.45, 2.75) is 0 Å². The molecule has 6 heteroatoms. The van der Waals surface area contributed by atoms with E-state index >= 15 is 0 Å². The summed E-state index contributed by atoms with van der Waals surface area (Å²) < 4.78 is 0. The van der Waals surface area contributed by atoms with Crippen molar-refractivity contribution in [3.8, 4) is 90.1 Å². The van der Waals surface area contributed by atoms with Crippen LogP contribution in [0.3, 0.4) is 0 Å². The van der Waals surface area contributed by atoms with E-state index in [0.29, 0.717) is 17.5 Å². The minimum Gasteiger partial charge on any atom is -0.256 e. The molecular formula is C60H38N6. The number of fused-ring (bicyclic) bond motifs is 4. The molecule has 66 heavy (non-hydrogen) atoms. The average Bonchev–Trinajstić information content (AvgIpc) is 3.41. The Morgan fingerprint density at radius 1 is 0.242 bits per heavy atom. The maximum Gasteiger partial charge on any atom is 0.164 e. The fraction of sp³-hybridized carbons (Fsp3) is 0. The van der Waals surface area contributed by atoms with Crippen LogP contribution >= 0.6 is 0 Å². The SMILES string of the molecule is c1ccc(-c2ccc3ccc4c(-c5cccc(-c6cccc(-c7nc(-c8ccccc8)nc(-c8cccc(-c9cccc%10cccnc9%10)c8)n7)c6)c5)cc(-c5ccccc5)nc4c3n2)cc1. The molecule has 0 aliphatic rings. The third-order valence-electron chi connectivity index (χ3n) is 12.1. The van der Waals surface area contributed by atoms with Gasteiger partial charge in [-0.3, -0.25) is 4.98 Å². The predicted octanol–water partition coefficient (Wildman–Crippen LogP) is 14.9. The van der Waals surface area contributed by atoms with Gasteiger partial charge in [0.1, 0.15) is 0 Å². The van der Waals surface area contributed by atoms with Crippen LogP contribution in [0.25, 0.3) is 123 Å². The van der Waals surface area contributed by atoms with Gasteiger partial charge in [0.2, 0.25) is 0 Å². The van der Waals surface area contributed by atoms with Gasteiger partial charge in [-0.15, -0.1) is 0 Å². The quantitative estimate of drug-likeness (QED) is 0.142. The summed E-state index contributed by atoms with van der Waals surface area (Å²) in [5.41, 5.74) is 15.7. The van der Waals surface area contributed by atoms with E-state index in [1.807, 2.05) is 66.9 Å². The Morgan fingerprint density at radius 3 is 1.39 bits per heavy atom. The topological polar surface area (TPSA) is 77.3 Å². The van der Waals surface area contributed by atoms with Gasteiger partial charge in [-0.25, -0.2) is 24.9 Å². The molecule has 0 fully saturated rings. The van der Waals surface area contributed by atoms with Gasteiger partial charge in [0.15, 0.2) is 17.5 Å². The highest BCUT2D eigenvalue weighted by molar-refractivity contribution is 6.10. The molecule has 8 aromatic carbocycles. The van der Waals surface area contributed by atoms with Crippen LogP contribution in [0, 0.1) is 0 Å². The Bertz CT molecular complexity index is 3760. The Kier molecular flexibility index (Phi) is 9.73. The molecule has 12 aromatic rings. The third-order valence-corrected chi connectivity index (χ3v) is 12.1. The molecule has 6 nitrogen and oxygen atoms in total. The van der Waals surface area contributed by atoms with Crippen molar-refractivity contribution in [2.24, 2.45) is 0 Å². The van der Waals surface area contributed by atoms with Crippen molar-refractivity contribution in [3.05, 3.63) is 231 Å². The van der Waals surface area contributed by atoms with Crippen molar-refractivity contribution in [1.29, 1.82) is 0 Å². The lowest BCUT2D eigenvalue weighted by molar-refractivity contribution is 1.07.